The smallest absolute Gasteiger partial charge is 0.137 e. The average Bonchev–Trinajstić information content (AvgIpc) is 2.85. The van der Waals surface area contributed by atoms with E-state index in [4.69, 9.17) is 0 Å². The Hall–Kier alpha value is -1.32. The van der Waals surface area contributed by atoms with Crippen LogP contribution < -0.4 is 10.2 Å². The van der Waals surface area contributed by atoms with Gasteiger partial charge in [-0.15, -0.1) is 0 Å². The monoisotopic (exact) mass is 234 g/mol. The minimum Gasteiger partial charge on any atom is -0.373 e. The average molecular weight is 234 g/mol. The van der Waals surface area contributed by atoms with E-state index < -0.39 is 0 Å². The van der Waals surface area contributed by atoms with Crippen LogP contribution in [0.1, 0.15) is 38.7 Å². The Morgan fingerprint density at radius 3 is 2.88 bits per heavy atom. The van der Waals surface area contributed by atoms with Crippen molar-refractivity contribution >= 4 is 11.6 Å². The highest BCUT2D eigenvalue weighted by Gasteiger charge is 2.26. The first-order chi connectivity index (χ1) is 8.31. The minimum atomic E-state index is 0.653. The van der Waals surface area contributed by atoms with Gasteiger partial charge in [0.05, 0.1) is 0 Å². The van der Waals surface area contributed by atoms with Crippen molar-refractivity contribution in [1.82, 2.24) is 9.97 Å². The molecule has 94 valence electrons. The standard InChI is InChI=1S/C13H22N4/c1-4-10-7-6-8-17(10)13-11(5-2)12(14-3)15-9-16-13/h9-10H,4-8H2,1-3H3,(H,14,15,16). The lowest BCUT2D eigenvalue weighted by molar-refractivity contribution is 0.638. The molecule has 0 spiro atoms. The Kier molecular flexibility index (Phi) is 3.82. The van der Waals surface area contributed by atoms with Crippen LogP contribution in [-0.4, -0.2) is 29.6 Å². The van der Waals surface area contributed by atoms with Gasteiger partial charge in [-0.25, -0.2) is 9.97 Å². The second-order valence-corrected chi connectivity index (χ2v) is 4.53. The molecule has 2 rings (SSSR count). The van der Waals surface area contributed by atoms with Crippen LogP contribution in [0.5, 0.6) is 0 Å². The van der Waals surface area contributed by atoms with Crippen LogP contribution >= 0.6 is 0 Å². The highest BCUT2D eigenvalue weighted by atomic mass is 15.2. The molecule has 1 fully saturated rings. The van der Waals surface area contributed by atoms with Gasteiger partial charge in [0.2, 0.25) is 0 Å². The van der Waals surface area contributed by atoms with Crippen LogP contribution in [0.4, 0.5) is 11.6 Å². The molecule has 0 aromatic carbocycles. The molecule has 1 aromatic heterocycles. The fraction of sp³-hybridized carbons (Fsp3) is 0.692. The zero-order valence-electron chi connectivity index (χ0n) is 11.0. The van der Waals surface area contributed by atoms with Crippen molar-refractivity contribution < 1.29 is 0 Å². The third kappa shape index (κ3) is 2.21. The van der Waals surface area contributed by atoms with E-state index in [0.717, 1.165) is 24.6 Å². The number of rotatable bonds is 4. The van der Waals surface area contributed by atoms with Gasteiger partial charge in [-0.05, 0) is 25.7 Å². The molecule has 4 heteroatoms. The molecule has 1 unspecified atom stereocenters. The topological polar surface area (TPSA) is 41.1 Å². The normalized spacial score (nSPS) is 19.7. The van der Waals surface area contributed by atoms with Crippen molar-refractivity contribution in [3.63, 3.8) is 0 Å². The Labute approximate surface area is 103 Å². The van der Waals surface area contributed by atoms with E-state index in [1.165, 1.54) is 24.8 Å². The first kappa shape index (κ1) is 12.1. The molecule has 0 radical (unpaired) electrons. The molecule has 17 heavy (non-hydrogen) atoms. The van der Waals surface area contributed by atoms with Gasteiger partial charge in [0.1, 0.15) is 18.0 Å². The maximum absolute atomic E-state index is 4.51. The molecule has 0 saturated carbocycles. The lowest BCUT2D eigenvalue weighted by atomic mass is 10.1. The number of hydrogen-bond acceptors (Lipinski definition) is 4. The van der Waals surface area contributed by atoms with Crippen LogP contribution in [0.2, 0.25) is 0 Å². The van der Waals surface area contributed by atoms with Crippen molar-refractivity contribution in [1.29, 1.82) is 0 Å². The molecular formula is C13H22N4. The molecule has 0 bridgehead atoms. The summed E-state index contributed by atoms with van der Waals surface area (Å²) in [4.78, 5) is 11.3. The maximum atomic E-state index is 4.51. The van der Waals surface area contributed by atoms with Crippen molar-refractivity contribution in [3.8, 4) is 0 Å². The van der Waals surface area contributed by atoms with E-state index in [9.17, 15) is 0 Å². The SMILES string of the molecule is CCc1c(NC)ncnc1N1CCCC1CC. The largest absolute Gasteiger partial charge is 0.373 e. The van der Waals surface area contributed by atoms with Gasteiger partial charge in [-0.3, -0.25) is 0 Å². The van der Waals surface area contributed by atoms with Gasteiger partial charge in [0, 0.05) is 25.2 Å². The Bertz CT molecular complexity index is 378. The summed E-state index contributed by atoms with van der Waals surface area (Å²) in [6, 6.07) is 0.653. The molecule has 2 heterocycles. The van der Waals surface area contributed by atoms with Gasteiger partial charge in [0.25, 0.3) is 0 Å². The van der Waals surface area contributed by atoms with Gasteiger partial charge in [-0.1, -0.05) is 13.8 Å². The molecule has 1 saturated heterocycles. The quantitative estimate of drug-likeness (QED) is 0.869. The number of anilines is 2. The van der Waals surface area contributed by atoms with Crippen LogP contribution in [0.15, 0.2) is 6.33 Å². The fourth-order valence-corrected chi connectivity index (χ4v) is 2.73. The van der Waals surface area contributed by atoms with E-state index in [2.05, 4.69) is 34.0 Å². The summed E-state index contributed by atoms with van der Waals surface area (Å²) in [6.45, 7) is 5.56. The Morgan fingerprint density at radius 2 is 2.24 bits per heavy atom. The predicted molar refractivity (Wildman–Crippen MR) is 71.6 cm³/mol. The highest BCUT2D eigenvalue weighted by Crippen LogP contribution is 2.30. The van der Waals surface area contributed by atoms with E-state index >= 15 is 0 Å². The molecule has 1 aliphatic rings. The molecule has 4 nitrogen and oxygen atoms in total. The van der Waals surface area contributed by atoms with Crippen molar-refractivity contribution in [2.75, 3.05) is 23.8 Å². The second-order valence-electron chi connectivity index (χ2n) is 4.53. The summed E-state index contributed by atoms with van der Waals surface area (Å²) in [5.74, 6) is 2.11. The van der Waals surface area contributed by atoms with Gasteiger partial charge in [-0.2, -0.15) is 0 Å². The molecule has 0 aliphatic carbocycles. The zero-order chi connectivity index (χ0) is 12.3. The zero-order valence-corrected chi connectivity index (χ0v) is 11.0. The summed E-state index contributed by atoms with van der Waals surface area (Å²) >= 11 is 0. The summed E-state index contributed by atoms with van der Waals surface area (Å²) in [5.41, 5.74) is 1.25. The Morgan fingerprint density at radius 1 is 1.41 bits per heavy atom. The summed E-state index contributed by atoms with van der Waals surface area (Å²) in [6.07, 6.45) is 6.41. The molecule has 1 aliphatic heterocycles. The van der Waals surface area contributed by atoms with Gasteiger partial charge >= 0.3 is 0 Å². The summed E-state index contributed by atoms with van der Waals surface area (Å²) in [7, 11) is 1.92. The molecule has 1 atom stereocenters. The Balaban J connectivity index is 2.37. The minimum absolute atomic E-state index is 0.653. The van der Waals surface area contributed by atoms with Gasteiger partial charge < -0.3 is 10.2 Å². The second kappa shape index (κ2) is 5.34. The lowest BCUT2D eigenvalue weighted by Crippen LogP contribution is -2.30. The number of aromatic nitrogens is 2. The van der Waals surface area contributed by atoms with Crippen molar-refractivity contribution in [3.05, 3.63) is 11.9 Å². The molecule has 0 amide bonds. The van der Waals surface area contributed by atoms with Gasteiger partial charge in [0.15, 0.2) is 0 Å². The van der Waals surface area contributed by atoms with Crippen LogP contribution in [0.25, 0.3) is 0 Å². The first-order valence-electron chi connectivity index (χ1n) is 6.60. The molecule has 1 aromatic rings. The lowest BCUT2D eigenvalue weighted by Gasteiger charge is -2.27. The first-order valence-corrected chi connectivity index (χ1v) is 6.60. The molecule has 1 N–H and O–H groups in total. The van der Waals surface area contributed by atoms with Crippen LogP contribution in [0.3, 0.4) is 0 Å². The summed E-state index contributed by atoms with van der Waals surface area (Å²) in [5, 5.41) is 3.17. The number of nitrogens with zero attached hydrogens (tertiary/aromatic N) is 3. The van der Waals surface area contributed by atoms with Crippen molar-refractivity contribution in [2.45, 2.75) is 45.6 Å². The summed E-state index contributed by atoms with van der Waals surface area (Å²) < 4.78 is 0. The van der Waals surface area contributed by atoms with E-state index in [-0.39, 0.29) is 0 Å². The third-order valence-corrected chi connectivity index (χ3v) is 3.63. The number of nitrogens with one attached hydrogen (secondary N) is 1. The van der Waals surface area contributed by atoms with Crippen LogP contribution in [0, 0.1) is 0 Å². The highest BCUT2D eigenvalue weighted by molar-refractivity contribution is 5.59. The predicted octanol–water partition coefficient (Wildman–Crippen LogP) is 2.46. The van der Waals surface area contributed by atoms with Crippen LogP contribution in [-0.2, 0) is 6.42 Å². The number of hydrogen-bond donors (Lipinski definition) is 1. The molecular weight excluding hydrogens is 212 g/mol. The van der Waals surface area contributed by atoms with Crippen molar-refractivity contribution in [2.24, 2.45) is 0 Å². The van der Waals surface area contributed by atoms with E-state index in [1.54, 1.807) is 6.33 Å². The third-order valence-electron chi connectivity index (χ3n) is 3.63. The fourth-order valence-electron chi connectivity index (χ4n) is 2.73. The maximum Gasteiger partial charge on any atom is 0.137 e. The van der Waals surface area contributed by atoms with E-state index in [1.807, 2.05) is 7.05 Å². The van der Waals surface area contributed by atoms with E-state index in [0.29, 0.717) is 6.04 Å².